The highest BCUT2D eigenvalue weighted by Crippen LogP contribution is 2.07. The summed E-state index contributed by atoms with van der Waals surface area (Å²) in [7, 11) is 0. The first kappa shape index (κ1) is 9.39. The average molecular weight is 174 g/mol. The first-order valence-corrected chi connectivity index (χ1v) is 3.90. The lowest BCUT2D eigenvalue weighted by atomic mass is 10.0. The average Bonchev–Trinajstić information content (AvgIpc) is 2.17. The molecule has 0 saturated heterocycles. The third-order valence-corrected chi connectivity index (χ3v) is 1.70. The molecule has 0 bridgehead atoms. The van der Waals surface area contributed by atoms with Crippen LogP contribution in [0.15, 0.2) is 36.4 Å². The largest absolute Gasteiger partial charge is 0.298 e. The molecule has 1 aromatic carbocycles. The van der Waals surface area contributed by atoms with Crippen molar-refractivity contribution in [2.24, 2.45) is 0 Å². The van der Waals surface area contributed by atoms with Crippen LogP contribution in [0.3, 0.4) is 0 Å². The maximum absolute atomic E-state index is 11.4. The van der Waals surface area contributed by atoms with Crippen molar-refractivity contribution in [1.82, 2.24) is 0 Å². The molecule has 66 valence electrons. The Morgan fingerprint density at radius 2 is 1.85 bits per heavy atom. The highest BCUT2D eigenvalue weighted by atomic mass is 16.1. The van der Waals surface area contributed by atoms with Crippen molar-refractivity contribution in [2.75, 3.05) is 0 Å². The van der Waals surface area contributed by atoms with Crippen LogP contribution in [0, 0.1) is 0 Å². The second kappa shape index (κ2) is 3.81. The summed E-state index contributed by atoms with van der Waals surface area (Å²) in [5.41, 5.74) is 1.63. The molecule has 0 heterocycles. The molecule has 13 heavy (non-hydrogen) atoms. The van der Waals surface area contributed by atoms with E-state index in [4.69, 9.17) is 0 Å². The maximum atomic E-state index is 11.4. The number of allylic oxidation sites excluding steroid dienone is 1. The van der Waals surface area contributed by atoms with E-state index in [1.54, 1.807) is 31.2 Å². The molecular formula is C11H10O2. The molecule has 0 saturated carbocycles. The summed E-state index contributed by atoms with van der Waals surface area (Å²) in [4.78, 5) is 21.7. The van der Waals surface area contributed by atoms with Gasteiger partial charge in [0.2, 0.25) is 0 Å². The van der Waals surface area contributed by atoms with Gasteiger partial charge in [-0.2, -0.15) is 0 Å². The highest BCUT2D eigenvalue weighted by Gasteiger charge is 2.04. The van der Waals surface area contributed by atoms with Gasteiger partial charge in [0.05, 0.1) is 0 Å². The maximum Gasteiger partial charge on any atom is 0.188 e. The van der Waals surface area contributed by atoms with Crippen LogP contribution in [0.4, 0.5) is 0 Å². The molecule has 0 fully saturated rings. The fourth-order valence-corrected chi connectivity index (χ4v) is 0.959. The predicted octanol–water partition coefficient (Wildman–Crippen LogP) is 2.26. The monoisotopic (exact) mass is 174 g/mol. The zero-order chi connectivity index (χ0) is 9.84. The van der Waals surface area contributed by atoms with Crippen molar-refractivity contribution >= 4 is 12.1 Å². The van der Waals surface area contributed by atoms with E-state index in [0.29, 0.717) is 16.7 Å². The predicted molar refractivity (Wildman–Crippen MR) is 51.0 cm³/mol. The fraction of sp³-hybridized carbons (Fsp3) is 0.0909. The van der Waals surface area contributed by atoms with Crippen molar-refractivity contribution in [2.45, 2.75) is 6.92 Å². The molecular weight excluding hydrogens is 164 g/mol. The van der Waals surface area contributed by atoms with Gasteiger partial charge >= 0.3 is 0 Å². The van der Waals surface area contributed by atoms with E-state index in [1.165, 1.54) is 0 Å². The lowest BCUT2D eigenvalue weighted by Crippen LogP contribution is -1.99. The van der Waals surface area contributed by atoms with Gasteiger partial charge in [0.25, 0.3) is 0 Å². The highest BCUT2D eigenvalue weighted by molar-refractivity contribution is 6.08. The van der Waals surface area contributed by atoms with Gasteiger partial charge in [-0.05, 0) is 12.5 Å². The summed E-state index contributed by atoms with van der Waals surface area (Å²) in [6, 6.07) is 6.48. The zero-order valence-electron chi connectivity index (χ0n) is 7.41. The number of rotatable bonds is 3. The van der Waals surface area contributed by atoms with E-state index in [9.17, 15) is 9.59 Å². The van der Waals surface area contributed by atoms with Gasteiger partial charge in [-0.1, -0.05) is 30.8 Å². The summed E-state index contributed by atoms with van der Waals surface area (Å²) in [6.45, 7) is 5.22. The minimum absolute atomic E-state index is 0.0857. The second-order valence-electron chi connectivity index (χ2n) is 2.85. The second-order valence-corrected chi connectivity index (χ2v) is 2.85. The Morgan fingerprint density at radius 1 is 1.31 bits per heavy atom. The molecule has 0 aliphatic heterocycles. The van der Waals surface area contributed by atoms with Crippen LogP contribution in [0.25, 0.3) is 0 Å². The van der Waals surface area contributed by atoms with Crippen molar-refractivity contribution in [3.05, 3.63) is 47.5 Å². The number of benzene rings is 1. The molecule has 0 unspecified atom stereocenters. The molecule has 0 N–H and O–H groups in total. The van der Waals surface area contributed by atoms with Gasteiger partial charge in [0.15, 0.2) is 5.78 Å². The molecule has 0 amide bonds. The van der Waals surface area contributed by atoms with Crippen LogP contribution >= 0.6 is 0 Å². The molecule has 2 heteroatoms. The number of aldehydes is 1. The van der Waals surface area contributed by atoms with E-state index in [2.05, 4.69) is 6.58 Å². The van der Waals surface area contributed by atoms with Gasteiger partial charge in [-0.3, -0.25) is 9.59 Å². The molecule has 0 atom stereocenters. The van der Waals surface area contributed by atoms with Crippen LogP contribution in [-0.4, -0.2) is 12.1 Å². The Hall–Kier alpha value is -1.70. The van der Waals surface area contributed by atoms with Crippen LogP contribution in [0.2, 0.25) is 0 Å². The Morgan fingerprint density at radius 3 is 2.23 bits per heavy atom. The number of ketones is 1. The number of hydrogen-bond donors (Lipinski definition) is 0. The quantitative estimate of drug-likeness (QED) is 0.400. The number of Topliss-reactive ketones (excluding diaryl/α,β-unsaturated/α-hetero) is 1. The minimum Gasteiger partial charge on any atom is -0.298 e. The smallest absolute Gasteiger partial charge is 0.188 e. The Balaban J connectivity index is 2.98. The first-order chi connectivity index (χ1) is 6.15. The molecule has 0 spiro atoms. The molecule has 0 radical (unpaired) electrons. The SMILES string of the molecule is C=C(C)C(=O)c1ccc(C=O)cc1. The standard InChI is InChI=1S/C11H10O2/c1-8(2)11(13)10-5-3-9(7-12)4-6-10/h3-7H,1H2,2H3. The third-order valence-electron chi connectivity index (χ3n) is 1.70. The summed E-state index contributed by atoms with van der Waals surface area (Å²) >= 11 is 0. The molecule has 2 nitrogen and oxygen atoms in total. The van der Waals surface area contributed by atoms with Crippen molar-refractivity contribution in [3.63, 3.8) is 0 Å². The Kier molecular flexibility index (Phi) is 2.75. The third kappa shape index (κ3) is 2.12. The molecule has 1 aromatic rings. The summed E-state index contributed by atoms with van der Waals surface area (Å²) in [5, 5.41) is 0. The summed E-state index contributed by atoms with van der Waals surface area (Å²) < 4.78 is 0. The van der Waals surface area contributed by atoms with Gasteiger partial charge in [-0.25, -0.2) is 0 Å². The summed E-state index contributed by atoms with van der Waals surface area (Å²) in [5.74, 6) is -0.0857. The van der Waals surface area contributed by atoms with E-state index < -0.39 is 0 Å². The fourth-order valence-electron chi connectivity index (χ4n) is 0.959. The van der Waals surface area contributed by atoms with Crippen molar-refractivity contribution in [1.29, 1.82) is 0 Å². The molecule has 1 rings (SSSR count). The number of carbonyl (C=O) groups is 2. The molecule has 0 aliphatic carbocycles. The van der Waals surface area contributed by atoms with Crippen molar-refractivity contribution < 1.29 is 9.59 Å². The van der Waals surface area contributed by atoms with E-state index in [0.717, 1.165) is 6.29 Å². The van der Waals surface area contributed by atoms with Gasteiger partial charge in [0, 0.05) is 11.1 Å². The van der Waals surface area contributed by atoms with E-state index >= 15 is 0 Å². The number of carbonyl (C=O) groups excluding carboxylic acids is 2. The van der Waals surface area contributed by atoms with Gasteiger partial charge in [-0.15, -0.1) is 0 Å². The minimum atomic E-state index is -0.0857. The molecule has 0 aromatic heterocycles. The normalized spacial score (nSPS) is 9.31. The zero-order valence-corrected chi connectivity index (χ0v) is 7.41. The topological polar surface area (TPSA) is 34.1 Å². The van der Waals surface area contributed by atoms with Crippen LogP contribution < -0.4 is 0 Å². The number of hydrogen-bond acceptors (Lipinski definition) is 2. The first-order valence-electron chi connectivity index (χ1n) is 3.90. The Labute approximate surface area is 76.9 Å². The van der Waals surface area contributed by atoms with Gasteiger partial charge in [0.1, 0.15) is 6.29 Å². The summed E-state index contributed by atoms with van der Waals surface area (Å²) in [6.07, 6.45) is 0.745. The van der Waals surface area contributed by atoms with Gasteiger partial charge < -0.3 is 0 Å². The van der Waals surface area contributed by atoms with Crippen LogP contribution in [-0.2, 0) is 0 Å². The van der Waals surface area contributed by atoms with E-state index in [1.807, 2.05) is 0 Å². The molecule has 0 aliphatic rings. The lowest BCUT2D eigenvalue weighted by molar-refractivity contribution is 0.103. The lowest BCUT2D eigenvalue weighted by Gasteiger charge is -1.98. The van der Waals surface area contributed by atoms with Crippen molar-refractivity contribution in [3.8, 4) is 0 Å². The van der Waals surface area contributed by atoms with Crippen LogP contribution in [0.5, 0.6) is 0 Å². The van der Waals surface area contributed by atoms with E-state index in [-0.39, 0.29) is 5.78 Å². The van der Waals surface area contributed by atoms with Crippen LogP contribution in [0.1, 0.15) is 27.6 Å². The Bertz CT molecular complexity index is 347.